The third-order valence-electron chi connectivity index (χ3n) is 5.90. The summed E-state index contributed by atoms with van der Waals surface area (Å²) in [5.74, 6) is 0.863. The molecule has 1 spiro atoms. The number of hydrogen-bond donors (Lipinski definition) is 2. The third-order valence-corrected chi connectivity index (χ3v) is 5.90. The predicted octanol–water partition coefficient (Wildman–Crippen LogP) is 1.82. The molecule has 2 aliphatic rings. The fourth-order valence-electron chi connectivity index (χ4n) is 4.50. The van der Waals surface area contributed by atoms with Gasteiger partial charge in [-0.05, 0) is 62.2 Å². The van der Waals surface area contributed by atoms with Crippen molar-refractivity contribution < 1.29 is 9.84 Å². The molecule has 0 saturated carbocycles. The van der Waals surface area contributed by atoms with E-state index in [0.29, 0.717) is 0 Å². The lowest BCUT2D eigenvalue weighted by molar-refractivity contribution is -0.0514. The average molecular weight is 356 g/mol. The Hall–Kier alpha value is -1.89. The first kappa shape index (κ1) is 17.5. The van der Waals surface area contributed by atoms with Crippen LogP contribution in [0.2, 0.25) is 0 Å². The van der Waals surface area contributed by atoms with Gasteiger partial charge in [0.15, 0.2) is 0 Å². The Morgan fingerprint density at radius 3 is 3.12 bits per heavy atom. The second kappa shape index (κ2) is 7.39. The van der Waals surface area contributed by atoms with Crippen LogP contribution in [0.1, 0.15) is 24.8 Å². The number of aliphatic hydroxyl groups is 1. The van der Waals surface area contributed by atoms with Gasteiger partial charge in [0.1, 0.15) is 5.75 Å². The molecule has 0 amide bonds. The van der Waals surface area contributed by atoms with E-state index in [1.54, 1.807) is 13.3 Å². The molecular weight excluding hydrogens is 328 g/mol. The molecule has 0 radical (unpaired) electrons. The number of benzene rings is 1. The van der Waals surface area contributed by atoms with Gasteiger partial charge in [-0.25, -0.2) is 4.68 Å². The lowest BCUT2D eigenvalue weighted by atomic mass is 9.72. The lowest BCUT2D eigenvalue weighted by Gasteiger charge is -2.48. The summed E-state index contributed by atoms with van der Waals surface area (Å²) in [6.45, 7) is 4.65. The summed E-state index contributed by atoms with van der Waals surface area (Å²) in [5.41, 5.74) is 2.27. The first-order valence-corrected chi connectivity index (χ1v) is 9.48. The molecule has 2 aliphatic heterocycles. The summed E-state index contributed by atoms with van der Waals surface area (Å²) in [5, 5.41) is 18.5. The first-order chi connectivity index (χ1) is 12.7. The minimum Gasteiger partial charge on any atom is -0.497 e. The zero-order valence-electron chi connectivity index (χ0n) is 15.4. The Bertz CT molecular complexity index is 729. The monoisotopic (exact) mass is 356 g/mol. The molecule has 140 valence electrons. The van der Waals surface area contributed by atoms with E-state index >= 15 is 0 Å². The summed E-state index contributed by atoms with van der Waals surface area (Å²) in [7, 11) is 1.70. The van der Waals surface area contributed by atoms with Crippen LogP contribution in [0.4, 0.5) is 0 Å². The molecule has 4 rings (SSSR count). The van der Waals surface area contributed by atoms with E-state index in [4.69, 9.17) is 4.74 Å². The summed E-state index contributed by atoms with van der Waals surface area (Å²) < 4.78 is 7.35. The van der Waals surface area contributed by atoms with Crippen molar-refractivity contribution >= 4 is 0 Å². The normalized spacial score (nSPS) is 26.9. The lowest BCUT2D eigenvalue weighted by Crippen LogP contribution is -2.57. The zero-order valence-corrected chi connectivity index (χ0v) is 15.4. The Morgan fingerprint density at radius 1 is 1.42 bits per heavy atom. The van der Waals surface area contributed by atoms with Crippen LogP contribution in [0.3, 0.4) is 0 Å². The second-order valence-electron chi connectivity index (χ2n) is 7.60. The van der Waals surface area contributed by atoms with Gasteiger partial charge >= 0.3 is 0 Å². The molecule has 6 nitrogen and oxygen atoms in total. The van der Waals surface area contributed by atoms with Gasteiger partial charge in [-0.15, -0.1) is 0 Å². The second-order valence-corrected chi connectivity index (χ2v) is 7.60. The molecule has 1 aromatic carbocycles. The van der Waals surface area contributed by atoms with Crippen molar-refractivity contribution in [2.75, 3.05) is 33.3 Å². The summed E-state index contributed by atoms with van der Waals surface area (Å²) >= 11 is 0. The molecule has 0 bridgehead atoms. The number of ether oxygens (including phenoxy) is 1. The minimum absolute atomic E-state index is 0.0127. The number of piperidine rings is 2. The smallest absolute Gasteiger partial charge is 0.119 e. The molecule has 0 aliphatic carbocycles. The fraction of sp³-hybridized carbons (Fsp3) is 0.550. The van der Waals surface area contributed by atoms with Crippen LogP contribution in [0, 0.1) is 5.41 Å². The van der Waals surface area contributed by atoms with Gasteiger partial charge in [-0.1, -0.05) is 0 Å². The van der Waals surface area contributed by atoms with Gasteiger partial charge in [0.25, 0.3) is 0 Å². The van der Waals surface area contributed by atoms with E-state index in [0.717, 1.165) is 63.4 Å². The SMILES string of the molecule is COc1ccc(-n2cccn2)c(CN2CCC[C@]3(CNCC[C@@H]3O)C2)c1. The van der Waals surface area contributed by atoms with Crippen molar-refractivity contribution in [2.45, 2.75) is 31.9 Å². The van der Waals surface area contributed by atoms with Gasteiger partial charge in [0, 0.05) is 37.4 Å². The van der Waals surface area contributed by atoms with Crippen LogP contribution in [0.15, 0.2) is 36.7 Å². The average Bonchev–Trinajstić information content (AvgIpc) is 3.19. The van der Waals surface area contributed by atoms with Gasteiger partial charge in [-0.3, -0.25) is 4.90 Å². The van der Waals surface area contributed by atoms with Gasteiger partial charge < -0.3 is 15.2 Å². The number of nitrogens with zero attached hydrogens (tertiary/aromatic N) is 3. The first-order valence-electron chi connectivity index (χ1n) is 9.48. The third kappa shape index (κ3) is 3.37. The van der Waals surface area contributed by atoms with Crippen molar-refractivity contribution in [2.24, 2.45) is 5.41 Å². The Kier molecular flexibility index (Phi) is 4.98. The molecule has 2 atom stereocenters. The molecule has 2 aromatic rings. The van der Waals surface area contributed by atoms with Gasteiger partial charge in [-0.2, -0.15) is 5.10 Å². The van der Waals surface area contributed by atoms with Crippen LogP contribution >= 0.6 is 0 Å². The largest absolute Gasteiger partial charge is 0.497 e. The minimum atomic E-state index is -0.206. The maximum absolute atomic E-state index is 10.7. The van der Waals surface area contributed by atoms with Crippen molar-refractivity contribution in [1.82, 2.24) is 20.0 Å². The molecule has 2 fully saturated rings. The van der Waals surface area contributed by atoms with E-state index in [1.807, 2.05) is 23.0 Å². The molecule has 2 N–H and O–H groups in total. The van der Waals surface area contributed by atoms with Crippen molar-refractivity contribution in [3.63, 3.8) is 0 Å². The van der Waals surface area contributed by atoms with Crippen LogP contribution in [0.5, 0.6) is 5.75 Å². The van der Waals surface area contributed by atoms with E-state index in [9.17, 15) is 5.11 Å². The highest BCUT2D eigenvalue weighted by Crippen LogP contribution is 2.37. The van der Waals surface area contributed by atoms with Crippen molar-refractivity contribution in [1.29, 1.82) is 0 Å². The molecule has 1 aromatic heterocycles. The maximum atomic E-state index is 10.7. The highest BCUT2D eigenvalue weighted by molar-refractivity contribution is 5.45. The summed E-state index contributed by atoms with van der Waals surface area (Å²) in [4.78, 5) is 2.47. The van der Waals surface area contributed by atoms with Gasteiger partial charge in [0.05, 0.1) is 18.9 Å². The van der Waals surface area contributed by atoms with Crippen LogP contribution in [-0.4, -0.2) is 59.2 Å². The Morgan fingerprint density at radius 2 is 2.35 bits per heavy atom. The number of nitrogens with one attached hydrogen (secondary N) is 1. The quantitative estimate of drug-likeness (QED) is 0.875. The standard InChI is InChI=1S/C20H28N4O2/c1-26-17-4-5-18(24-11-3-8-22-24)16(12-17)13-23-10-2-7-20(15-23)14-21-9-6-19(20)25/h3-5,8,11-12,19,21,25H,2,6-7,9-10,13-15H2,1H3/t19-,20-/m0/s1. The van der Waals surface area contributed by atoms with E-state index in [2.05, 4.69) is 27.4 Å². The molecule has 26 heavy (non-hydrogen) atoms. The van der Waals surface area contributed by atoms with E-state index < -0.39 is 0 Å². The van der Waals surface area contributed by atoms with E-state index in [1.165, 1.54) is 5.56 Å². The number of rotatable bonds is 4. The molecule has 0 unspecified atom stereocenters. The van der Waals surface area contributed by atoms with Crippen LogP contribution < -0.4 is 10.1 Å². The van der Waals surface area contributed by atoms with Crippen LogP contribution in [0.25, 0.3) is 5.69 Å². The molecule has 3 heterocycles. The fourth-order valence-corrected chi connectivity index (χ4v) is 4.50. The highest BCUT2D eigenvalue weighted by atomic mass is 16.5. The highest BCUT2D eigenvalue weighted by Gasteiger charge is 2.43. The molecule has 2 saturated heterocycles. The topological polar surface area (TPSA) is 62.5 Å². The number of aromatic nitrogens is 2. The maximum Gasteiger partial charge on any atom is 0.119 e. The van der Waals surface area contributed by atoms with Crippen molar-refractivity contribution in [3.8, 4) is 11.4 Å². The Labute approximate surface area is 154 Å². The number of likely N-dealkylation sites (tertiary alicyclic amines) is 1. The zero-order chi connectivity index (χ0) is 18.0. The van der Waals surface area contributed by atoms with E-state index in [-0.39, 0.29) is 11.5 Å². The van der Waals surface area contributed by atoms with Gasteiger partial charge in [0.2, 0.25) is 0 Å². The molecule has 6 heteroatoms. The number of aliphatic hydroxyl groups excluding tert-OH is 1. The van der Waals surface area contributed by atoms with Crippen molar-refractivity contribution in [3.05, 3.63) is 42.2 Å². The molecular formula is C20H28N4O2. The number of methoxy groups -OCH3 is 1. The summed E-state index contributed by atoms with van der Waals surface area (Å²) in [6, 6.07) is 8.09. The number of hydrogen-bond acceptors (Lipinski definition) is 5. The summed E-state index contributed by atoms with van der Waals surface area (Å²) in [6.07, 6.45) is 6.64. The Balaban J connectivity index is 1.58. The predicted molar refractivity (Wildman–Crippen MR) is 101 cm³/mol. The van der Waals surface area contributed by atoms with Crippen LogP contribution in [-0.2, 0) is 6.54 Å².